The summed E-state index contributed by atoms with van der Waals surface area (Å²) in [7, 11) is 16.2. The Morgan fingerprint density at radius 3 is 1.37 bits per heavy atom. The number of nitrogens with zero attached hydrogens (tertiary/aromatic N) is 1. The fourth-order valence-corrected chi connectivity index (χ4v) is 19.9. The molecule has 24 heteroatoms. The van der Waals surface area contributed by atoms with Gasteiger partial charge in [0.2, 0.25) is 0 Å². The van der Waals surface area contributed by atoms with Crippen LogP contribution in [-0.2, 0) is 29.4 Å². The van der Waals surface area contributed by atoms with Crippen molar-refractivity contribution in [3.8, 4) is 51.7 Å². The quantitative estimate of drug-likeness (QED) is 0.0336. The summed E-state index contributed by atoms with van der Waals surface area (Å²) >= 11 is -16.3. The molecule has 0 aliphatic heterocycles. The van der Waals surface area contributed by atoms with Gasteiger partial charge in [0.05, 0.1) is 19.8 Å². The van der Waals surface area contributed by atoms with Crippen molar-refractivity contribution >= 4 is 160 Å². The Labute approximate surface area is 703 Å². The Morgan fingerprint density at radius 1 is 0.384 bits per heavy atom. The Kier molecular flexibility index (Phi) is 35.4. The van der Waals surface area contributed by atoms with Crippen LogP contribution in [0.4, 0.5) is 5.69 Å². The molecule has 11 aromatic rings. The third-order valence-electron chi connectivity index (χ3n) is 16.0. The molecule has 0 aromatic heterocycles. The fraction of sp³-hybridized carbons (Fsp3) is 0.295. The zero-order chi connectivity index (χ0) is 93.7. The number of hydrogen-bond donors (Lipinski definition) is 1. The van der Waals surface area contributed by atoms with Gasteiger partial charge in [0.15, 0.2) is 12.6 Å². The van der Waals surface area contributed by atoms with Crippen molar-refractivity contribution in [1.82, 2.24) is 0 Å². The summed E-state index contributed by atoms with van der Waals surface area (Å²) in [6, 6.07) is 58.5. The zero-order valence-electron chi connectivity index (χ0n) is 78.3. The van der Waals surface area contributed by atoms with Crippen molar-refractivity contribution in [2.24, 2.45) is 0 Å². The summed E-state index contributed by atoms with van der Waals surface area (Å²) in [5.41, 5.74) is 4.76. The maximum atomic E-state index is 12.4. The number of aromatic hydroxyl groups is 1. The van der Waals surface area contributed by atoms with Crippen molar-refractivity contribution in [2.75, 3.05) is 75.9 Å². The predicted molar refractivity (Wildman–Crippen MR) is 461 cm³/mol. The number of ether oxygens (including phenoxy) is 8. The molecule has 9 atom stereocenters. The van der Waals surface area contributed by atoms with Gasteiger partial charge in [-0.1, -0.05) is 24.3 Å². The normalized spacial score (nSPS) is 15.5. The van der Waals surface area contributed by atoms with Crippen LogP contribution in [-0.4, -0.2) is 172 Å². The summed E-state index contributed by atoms with van der Waals surface area (Å²) in [5.74, 6) is 5.21. The molecule has 0 amide bonds. The van der Waals surface area contributed by atoms with Gasteiger partial charge in [-0.2, -0.15) is 0 Å². The molecule has 1 N–H and O–H groups in total. The molecule has 18 nitrogen and oxygen atoms in total. The molecule has 112 heavy (non-hydrogen) atoms. The van der Waals surface area contributed by atoms with Crippen LogP contribution in [0.15, 0.2) is 200 Å². The number of hydrogen-bond acceptors (Lipinski definition) is 18. The van der Waals surface area contributed by atoms with E-state index in [0.717, 1.165) is 73.3 Å². The maximum absolute atomic E-state index is 12.4. The first-order valence-electron chi connectivity index (χ1n) is 40.2. The number of aldehydes is 2. The second-order valence-corrected chi connectivity index (χ2v) is 40.4. The average molecular weight is 1930 g/mol. The van der Waals surface area contributed by atoms with Crippen molar-refractivity contribution in [3.63, 3.8) is 0 Å². The number of benzene rings is 11. The van der Waals surface area contributed by atoms with Gasteiger partial charge in [0.25, 0.3) is 0 Å². The third kappa shape index (κ3) is 28.5. The summed E-state index contributed by atoms with van der Waals surface area (Å²) in [6.45, 7) is 14.0. The number of carbonyl (C=O) groups excluding carboxylic acids is 2. The Hall–Kier alpha value is -8.54. The minimum absolute atomic E-state index is 0.0562. The third-order valence-corrected chi connectivity index (χ3v) is 30.2. The molecule has 0 saturated carbocycles. The Morgan fingerprint density at radius 2 is 0.839 bits per heavy atom. The van der Waals surface area contributed by atoms with Gasteiger partial charge in [-0.25, -0.2) is 0 Å². The van der Waals surface area contributed by atoms with E-state index in [0.29, 0.717) is 73.1 Å². The Balaban J connectivity index is 0.000000299. The first kappa shape index (κ1) is 77.4. The summed E-state index contributed by atoms with van der Waals surface area (Å²) in [5, 5.41) is 4.51. The number of phenols is 1. The number of phenolic OH excluding ortho intramolecular Hbond substituents is 1. The molecular formula is C88H107NO17Se6. The van der Waals surface area contributed by atoms with Crippen LogP contribution >= 0.6 is 0 Å². The second-order valence-electron chi connectivity index (χ2n) is 22.9. The molecular weight excluding hydrogens is 1820 g/mol. The predicted octanol–water partition coefficient (Wildman–Crippen LogP) is 15.5. The van der Waals surface area contributed by atoms with E-state index in [1.807, 2.05) is 99.6 Å². The van der Waals surface area contributed by atoms with E-state index in [4.69, 9.17) is 59.5 Å². The van der Waals surface area contributed by atoms with Gasteiger partial charge in [0.1, 0.15) is 17.2 Å². The summed E-state index contributed by atoms with van der Waals surface area (Å²) in [4.78, 5) is 22.8. The number of anilines is 1. The van der Waals surface area contributed by atoms with Crippen LogP contribution in [0.1, 0.15) is 102 Å². The van der Waals surface area contributed by atoms with Crippen molar-refractivity contribution in [3.05, 3.63) is 228 Å². The van der Waals surface area contributed by atoms with Crippen LogP contribution in [0.25, 0.3) is 32.3 Å². The molecule has 0 bridgehead atoms. The first-order chi connectivity index (χ1) is 57.9. The number of para-hydroxylation sites is 1. The van der Waals surface area contributed by atoms with Crippen LogP contribution in [0.3, 0.4) is 0 Å². The molecule has 11 aromatic carbocycles. The minimum atomic E-state index is -2.78. The molecule has 11 rings (SSSR count). The molecule has 6 unspecified atom stereocenters. The summed E-state index contributed by atoms with van der Waals surface area (Å²) in [6.07, 6.45) is 2.37. The molecule has 0 heterocycles. The van der Waals surface area contributed by atoms with E-state index in [1.54, 1.807) is 157 Å². The Bertz CT molecular complexity index is 5580. The van der Waals surface area contributed by atoms with E-state index in [9.17, 15) is 32.6 Å². The van der Waals surface area contributed by atoms with E-state index >= 15 is 0 Å². The topological polar surface area (TPSA) is 234 Å². The fourth-order valence-electron chi connectivity index (χ4n) is 10.2. The van der Waals surface area contributed by atoms with Crippen molar-refractivity contribution < 1.29 is 92.0 Å². The second kappa shape index (κ2) is 51.2. The van der Waals surface area contributed by atoms with Crippen LogP contribution in [0.5, 0.6) is 51.7 Å². The molecule has 0 spiro atoms. The monoisotopic (exact) mass is 1940 g/mol. The number of fused-ring (bicyclic) bond motifs is 3. The van der Waals surface area contributed by atoms with E-state index < -0.39 is 115 Å². The van der Waals surface area contributed by atoms with Gasteiger partial charge in [0, 0.05) is 17.0 Å². The van der Waals surface area contributed by atoms with Crippen LogP contribution < -0.4 is 69.6 Å². The van der Waals surface area contributed by atoms with Gasteiger partial charge in [-0.15, -0.1) is 0 Å². The average Bonchev–Trinajstić information content (AvgIpc) is 0.781. The van der Waals surface area contributed by atoms with E-state index in [1.165, 1.54) is 80.6 Å². The number of methoxy groups -OCH3 is 8. The number of aryl methyl sites for hydroxylation is 3. The molecule has 602 valence electrons. The van der Waals surface area contributed by atoms with Crippen molar-refractivity contribution in [2.45, 2.75) is 100 Å². The molecule has 0 aliphatic rings. The SMILES string of the molecule is COc1ccc(C=O)c(O)c1.COc1ccc(C=O)c2ccccc12.[1H][13C@@]([2H])(C)[Se](=O)c1ccc(OC)c2cc(CC)ccc12.[1H][13C@@]([2H])(C)[Se](=O)c1ccc(OC)cc1C.[1H][13C]([1H])(C)[Se](=O)c1ccc(OC)c2ccc(C)cc12.[1H][13C]([1H])(C)[Se](=O)c1ccc(OC)cc1N(C)C.[1H][C@@]([2H])(C)[Se](=O)c1ccccc1OC.[2H][13C]([2H])(C)[Se](=O)c1cccc(OC)c1. The number of carbonyl (C=O) groups is 2. The van der Waals surface area contributed by atoms with Crippen molar-refractivity contribution in [1.29, 1.82) is 0 Å². The van der Waals surface area contributed by atoms with Gasteiger partial charge >= 0.3 is 564 Å². The van der Waals surface area contributed by atoms with Crippen LogP contribution in [0, 0.1) is 13.8 Å². The van der Waals surface area contributed by atoms with E-state index in [-0.39, 0.29) is 11.3 Å². The van der Waals surface area contributed by atoms with Gasteiger partial charge < -0.3 is 14.6 Å². The van der Waals surface area contributed by atoms with Gasteiger partial charge in [-0.05, 0) is 29.7 Å². The van der Waals surface area contributed by atoms with Gasteiger partial charge in [-0.3, -0.25) is 9.59 Å². The zero-order valence-corrected chi connectivity index (χ0v) is 76.6. The molecule has 0 fully saturated rings. The molecule has 0 aliphatic carbocycles. The van der Waals surface area contributed by atoms with Crippen LogP contribution in [0.2, 0.25) is 31.6 Å². The number of rotatable bonds is 24. The van der Waals surface area contributed by atoms with E-state index in [2.05, 4.69) is 6.92 Å². The first-order valence-corrected chi connectivity index (χ1v) is 48.7. The summed E-state index contributed by atoms with van der Waals surface area (Å²) < 4.78 is 207. The molecule has 0 saturated heterocycles. The standard InChI is InChI=1S/C15H18O2Se.C14H16O2Se.C12H10O2.C11H17NO2Se.C10H14O2Se.2C9H12O2Se.C8H8O3/c1-4-11-6-7-12-13(10-11)14(17-3)8-9-15(12)18(16)5-2;1-4-17(15)14-8-7-13(16-3)11-6-5-10(2)9-12(11)14;1-14-12-7-6-9(8-13)10-4-2-3-5-11(10)12;1-5-15(13)11-7-6-9(14-4)8-10(11)12(2)3;1-4-13(11)10-6-5-9(12-3)7-8(10)2;1-3-12(10)9-6-4-5-8(7-9)11-2;1-3-12(10)9-7-5-4-6-8(9)11-2;1-11-7-3-2-6(5-9)8(10)4-7/h6-10H,4-5H2,1-3H3;5-9H,4H2,1-3H3;2-8H,1H3;6-8H,5H2,1-4H3;5-7H,4H2,1-3H3;2*4-7H,3H2,1-2H3;2-5,10H,1H3/i5+1DH;4+1H2;;5+1H2;4+1DH;3+1D2;3DH;/t5-,18?;;;;4-,13?;;3-,12?;/m1...1.1./s1. The molecule has 0 radical (unpaired) electrons.